The lowest BCUT2D eigenvalue weighted by molar-refractivity contribution is -0.121. The average molecular weight is 342 g/mol. The van der Waals surface area contributed by atoms with Crippen LogP contribution in [0, 0.1) is 0 Å². The Morgan fingerprint density at radius 3 is 2.72 bits per heavy atom. The molecule has 1 amide bonds. The number of rotatable bonds is 6. The number of nitrogens with zero attached hydrogens (tertiary/aromatic N) is 3. The first-order chi connectivity index (χ1) is 12.2. The van der Waals surface area contributed by atoms with E-state index < -0.39 is 0 Å². The number of carbonyl (C=O) groups excluding carboxylic acids is 1. The van der Waals surface area contributed by atoms with E-state index in [1.807, 2.05) is 30.6 Å². The summed E-state index contributed by atoms with van der Waals surface area (Å²) in [5.41, 5.74) is 3.20. The van der Waals surface area contributed by atoms with Gasteiger partial charge >= 0.3 is 0 Å². The molecule has 1 aromatic carbocycles. The zero-order chi connectivity index (χ0) is 17.8. The zero-order valence-electron chi connectivity index (χ0n) is 15.2. The molecular formula is C19H26N4O2. The number of aromatic nitrogens is 2. The second-order valence-corrected chi connectivity index (χ2v) is 6.29. The molecule has 0 aliphatic carbocycles. The normalized spacial score (nSPS) is 15.5. The Bertz CT molecular complexity index is 724. The summed E-state index contributed by atoms with van der Waals surface area (Å²) in [6, 6.07) is 7.27. The molecule has 0 radical (unpaired) electrons. The lowest BCUT2D eigenvalue weighted by Crippen LogP contribution is -2.46. The minimum atomic E-state index is -0.151. The van der Waals surface area contributed by atoms with Crippen molar-refractivity contribution in [1.29, 1.82) is 0 Å². The number of nitrogens with one attached hydrogen (secondary N) is 1. The van der Waals surface area contributed by atoms with E-state index in [4.69, 9.17) is 4.74 Å². The van der Waals surface area contributed by atoms with Crippen molar-refractivity contribution in [3.05, 3.63) is 42.0 Å². The van der Waals surface area contributed by atoms with Gasteiger partial charge in [-0.15, -0.1) is 0 Å². The van der Waals surface area contributed by atoms with E-state index >= 15 is 0 Å². The van der Waals surface area contributed by atoms with Crippen molar-refractivity contribution in [3.8, 4) is 5.75 Å². The molecule has 1 aliphatic rings. The number of fused-ring (bicyclic) bond motifs is 1. The molecule has 1 atom stereocenters. The van der Waals surface area contributed by atoms with Crippen molar-refractivity contribution in [1.82, 2.24) is 14.5 Å². The van der Waals surface area contributed by atoms with Crippen molar-refractivity contribution >= 4 is 11.6 Å². The van der Waals surface area contributed by atoms with Gasteiger partial charge in [-0.05, 0) is 37.6 Å². The monoisotopic (exact) mass is 342 g/mol. The first-order valence-electron chi connectivity index (χ1n) is 8.88. The fourth-order valence-corrected chi connectivity index (χ4v) is 3.44. The highest BCUT2D eigenvalue weighted by molar-refractivity contribution is 5.94. The number of anilines is 1. The van der Waals surface area contributed by atoms with Gasteiger partial charge in [-0.1, -0.05) is 6.92 Å². The van der Waals surface area contributed by atoms with Gasteiger partial charge in [0.2, 0.25) is 5.91 Å². The van der Waals surface area contributed by atoms with Gasteiger partial charge in [-0.3, -0.25) is 9.69 Å². The van der Waals surface area contributed by atoms with Crippen molar-refractivity contribution in [3.63, 3.8) is 0 Å². The van der Waals surface area contributed by atoms with Gasteiger partial charge in [-0.2, -0.15) is 0 Å². The van der Waals surface area contributed by atoms with E-state index in [9.17, 15) is 4.79 Å². The van der Waals surface area contributed by atoms with E-state index in [2.05, 4.69) is 33.6 Å². The molecule has 25 heavy (non-hydrogen) atoms. The van der Waals surface area contributed by atoms with Gasteiger partial charge < -0.3 is 14.6 Å². The molecule has 2 heterocycles. The fourth-order valence-electron chi connectivity index (χ4n) is 3.44. The third kappa shape index (κ3) is 3.69. The SMILES string of the molecule is CCC(C(=O)Nc1ccc(OC)cc1)N1CCc2c(ncn2CC)C1. The zero-order valence-corrected chi connectivity index (χ0v) is 15.2. The lowest BCUT2D eigenvalue weighted by Gasteiger charge is -2.33. The number of methoxy groups -OCH3 is 1. The van der Waals surface area contributed by atoms with Crippen molar-refractivity contribution in [2.24, 2.45) is 0 Å². The Morgan fingerprint density at radius 1 is 1.32 bits per heavy atom. The van der Waals surface area contributed by atoms with Gasteiger partial charge in [0.25, 0.3) is 0 Å². The van der Waals surface area contributed by atoms with E-state index in [1.54, 1.807) is 7.11 Å². The third-order valence-electron chi connectivity index (χ3n) is 4.85. The highest BCUT2D eigenvalue weighted by atomic mass is 16.5. The predicted octanol–water partition coefficient (Wildman–Crippen LogP) is 2.69. The van der Waals surface area contributed by atoms with Gasteiger partial charge in [-0.25, -0.2) is 4.98 Å². The third-order valence-corrected chi connectivity index (χ3v) is 4.85. The van der Waals surface area contributed by atoms with E-state index in [0.29, 0.717) is 0 Å². The van der Waals surface area contributed by atoms with Crippen LogP contribution in [-0.2, 0) is 24.3 Å². The molecule has 0 saturated carbocycles. The summed E-state index contributed by atoms with van der Waals surface area (Å²) in [6.07, 6.45) is 3.62. The fraction of sp³-hybridized carbons (Fsp3) is 0.474. The Balaban J connectivity index is 1.68. The van der Waals surface area contributed by atoms with Crippen LogP contribution in [0.25, 0.3) is 0 Å². The molecule has 1 N–H and O–H groups in total. The Kier molecular flexibility index (Phi) is 5.38. The molecule has 134 valence electrons. The van der Waals surface area contributed by atoms with E-state index in [1.165, 1.54) is 5.69 Å². The topological polar surface area (TPSA) is 59.4 Å². The minimum absolute atomic E-state index is 0.0334. The number of imidazole rings is 1. The summed E-state index contributed by atoms with van der Waals surface area (Å²) < 4.78 is 7.35. The Labute approximate surface area is 148 Å². The maximum atomic E-state index is 12.8. The van der Waals surface area contributed by atoms with E-state index in [-0.39, 0.29) is 11.9 Å². The molecule has 2 aromatic rings. The van der Waals surface area contributed by atoms with Crippen LogP contribution >= 0.6 is 0 Å². The minimum Gasteiger partial charge on any atom is -0.497 e. The first kappa shape index (κ1) is 17.5. The maximum Gasteiger partial charge on any atom is 0.241 e. The number of hydrogen-bond acceptors (Lipinski definition) is 4. The van der Waals surface area contributed by atoms with Crippen LogP contribution in [0.15, 0.2) is 30.6 Å². The quantitative estimate of drug-likeness (QED) is 0.877. The van der Waals surface area contributed by atoms with Crippen LogP contribution in [0.5, 0.6) is 5.75 Å². The molecule has 1 unspecified atom stereocenters. The Hall–Kier alpha value is -2.34. The van der Waals surface area contributed by atoms with Crippen LogP contribution in [-0.4, -0.2) is 40.1 Å². The second-order valence-electron chi connectivity index (χ2n) is 6.29. The van der Waals surface area contributed by atoms with Crippen LogP contribution in [0.2, 0.25) is 0 Å². The smallest absolute Gasteiger partial charge is 0.241 e. The summed E-state index contributed by atoms with van der Waals surface area (Å²) in [5.74, 6) is 0.811. The molecule has 1 aromatic heterocycles. The number of carbonyl (C=O) groups is 1. The van der Waals surface area contributed by atoms with Gasteiger partial charge in [0, 0.05) is 37.4 Å². The Morgan fingerprint density at radius 2 is 2.08 bits per heavy atom. The summed E-state index contributed by atoms with van der Waals surface area (Å²) in [5, 5.41) is 3.02. The number of aryl methyl sites for hydroxylation is 1. The molecule has 6 nitrogen and oxygen atoms in total. The highest BCUT2D eigenvalue weighted by Crippen LogP contribution is 2.22. The second kappa shape index (κ2) is 7.70. The van der Waals surface area contributed by atoms with Crippen LogP contribution in [0.3, 0.4) is 0 Å². The molecule has 0 fully saturated rings. The summed E-state index contributed by atoms with van der Waals surface area (Å²) in [7, 11) is 1.63. The summed E-state index contributed by atoms with van der Waals surface area (Å²) in [4.78, 5) is 19.5. The number of benzene rings is 1. The molecule has 1 aliphatic heterocycles. The first-order valence-corrected chi connectivity index (χ1v) is 8.88. The molecule has 0 saturated heterocycles. The van der Waals surface area contributed by atoms with Crippen molar-refractivity contribution in [2.45, 2.75) is 45.8 Å². The van der Waals surface area contributed by atoms with Crippen molar-refractivity contribution in [2.75, 3.05) is 19.0 Å². The van der Waals surface area contributed by atoms with Crippen LogP contribution in [0.4, 0.5) is 5.69 Å². The molecular weight excluding hydrogens is 316 g/mol. The maximum absolute atomic E-state index is 12.8. The van der Waals surface area contributed by atoms with E-state index in [0.717, 1.165) is 49.6 Å². The molecule has 3 rings (SSSR count). The summed E-state index contributed by atoms with van der Waals surface area (Å²) in [6.45, 7) is 6.74. The molecule has 0 spiro atoms. The number of ether oxygens (including phenoxy) is 1. The average Bonchev–Trinajstić information content (AvgIpc) is 3.05. The lowest BCUT2D eigenvalue weighted by atomic mass is 10.1. The van der Waals surface area contributed by atoms with Gasteiger partial charge in [0.15, 0.2) is 0 Å². The van der Waals surface area contributed by atoms with Gasteiger partial charge in [0.05, 0.1) is 25.2 Å². The highest BCUT2D eigenvalue weighted by Gasteiger charge is 2.29. The van der Waals surface area contributed by atoms with Gasteiger partial charge in [0.1, 0.15) is 5.75 Å². The molecule has 0 bridgehead atoms. The number of amides is 1. The number of hydrogen-bond donors (Lipinski definition) is 1. The van der Waals surface area contributed by atoms with Crippen molar-refractivity contribution < 1.29 is 9.53 Å². The summed E-state index contributed by atoms with van der Waals surface area (Å²) >= 11 is 0. The largest absolute Gasteiger partial charge is 0.497 e. The standard InChI is InChI=1S/C19H26N4O2/c1-4-17(19(24)21-14-6-8-15(25-3)9-7-14)23-11-10-18-16(12-23)20-13-22(18)5-2/h6-9,13,17H,4-5,10-12H2,1-3H3,(H,21,24). The van der Waals surface area contributed by atoms with Crippen LogP contribution in [0.1, 0.15) is 31.7 Å². The molecule has 6 heteroatoms. The van der Waals surface area contributed by atoms with Crippen LogP contribution < -0.4 is 10.1 Å². The predicted molar refractivity (Wildman–Crippen MR) is 97.7 cm³/mol.